The van der Waals surface area contributed by atoms with Gasteiger partial charge in [0.05, 0.1) is 6.42 Å². The Balaban J connectivity index is 2.84. The molecule has 4 heteroatoms. The van der Waals surface area contributed by atoms with E-state index in [2.05, 4.69) is 31.3 Å². The van der Waals surface area contributed by atoms with Gasteiger partial charge in [-0.3, -0.25) is 4.79 Å². The molecule has 4 nitrogen and oxygen atoms in total. The first-order valence-corrected chi connectivity index (χ1v) is 6.74. The van der Waals surface area contributed by atoms with Crippen LogP contribution in [0.1, 0.15) is 49.8 Å². The maximum Gasteiger partial charge on any atom is 0.304 e. The highest BCUT2D eigenvalue weighted by molar-refractivity contribution is 5.67. The number of rotatable bonds is 7. The van der Waals surface area contributed by atoms with Crippen molar-refractivity contribution in [2.45, 2.75) is 44.7 Å². The van der Waals surface area contributed by atoms with Crippen LogP contribution in [0.4, 0.5) is 0 Å². The van der Waals surface area contributed by atoms with Crippen LogP contribution in [0.5, 0.6) is 0 Å². The van der Waals surface area contributed by atoms with Crippen LogP contribution in [-0.2, 0) is 4.79 Å². The molecule has 3 atom stereocenters. The Morgan fingerprint density at radius 1 is 1.32 bits per heavy atom. The molecule has 0 aliphatic heterocycles. The lowest BCUT2D eigenvalue weighted by Crippen LogP contribution is -2.37. The van der Waals surface area contributed by atoms with Gasteiger partial charge < -0.3 is 16.2 Å². The zero-order chi connectivity index (χ0) is 14.4. The predicted octanol–water partition coefficient (Wildman–Crippen LogP) is 2.26. The number of carboxylic acids is 1. The second kappa shape index (κ2) is 7.26. The predicted molar refractivity (Wildman–Crippen MR) is 77.2 cm³/mol. The first-order valence-electron chi connectivity index (χ1n) is 6.74. The lowest BCUT2D eigenvalue weighted by atomic mass is 9.93. The lowest BCUT2D eigenvalue weighted by Gasteiger charge is -2.23. The monoisotopic (exact) mass is 264 g/mol. The van der Waals surface area contributed by atoms with Gasteiger partial charge in [0.25, 0.3) is 0 Å². The lowest BCUT2D eigenvalue weighted by molar-refractivity contribution is -0.137. The molecule has 1 rings (SSSR count). The van der Waals surface area contributed by atoms with Crippen molar-refractivity contribution in [3.8, 4) is 0 Å². The first kappa shape index (κ1) is 15.7. The minimum absolute atomic E-state index is 0.0430. The second-order valence-corrected chi connectivity index (χ2v) is 5.00. The summed E-state index contributed by atoms with van der Waals surface area (Å²) in [7, 11) is 1.80. The average molecular weight is 264 g/mol. The number of hydrogen-bond acceptors (Lipinski definition) is 3. The van der Waals surface area contributed by atoms with E-state index >= 15 is 0 Å². The van der Waals surface area contributed by atoms with Crippen molar-refractivity contribution in [1.29, 1.82) is 0 Å². The molecule has 106 valence electrons. The number of benzene rings is 1. The molecule has 0 saturated heterocycles. The summed E-state index contributed by atoms with van der Waals surface area (Å²) in [6, 6.07) is 7.69. The third-order valence-electron chi connectivity index (χ3n) is 3.63. The zero-order valence-corrected chi connectivity index (χ0v) is 11.9. The highest BCUT2D eigenvalue weighted by Gasteiger charge is 2.20. The molecule has 0 aliphatic carbocycles. The van der Waals surface area contributed by atoms with Crippen LogP contribution < -0.4 is 11.1 Å². The van der Waals surface area contributed by atoms with Crippen LogP contribution in [-0.4, -0.2) is 24.2 Å². The van der Waals surface area contributed by atoms with E-state index < -0.39 is 12.0 Å². The average Bonchev–Trinajstić information content (AvgIpc) is 2.38. The number of nitrogens with one attached hydrogen (secondary N) is 1. The summed E-state index contributed by atoms with van der Waals surface area (Å²) in [5.74, 6) is -0.334. The molecule has 0 heterocycles. The van der Waals surface area contributed by atoms with Gasteiger partial charge in [-0.25, -0.2) is 0 Å². The molecule has 3 unspecified atom stereocenters. The summed E-state index contributed by atoms with van der Waals surface area (Å²) in [4.78, 5) is 10.7. The molecule has 0 radical (unpaired) electrons. The quantitative estimate of drug-likeness (QED) is 0.706. The van der Waals surface area contributed by atoms with Gasteiger partial charge in [-0.1, -0.05) is 38.1 Å². The van der Waals surface area contributed by atoms with Crippen molar-refractivity contribution in [3.05, 3.63) is 35.4 Å². The molecular weight excluding hydrogens is 240 g/mol. The summed E-state index contributed by atoms with van der Waals surface area (Å²) >= 11 is 0. The summed E-state index contributed by atoms with van der Waals surface area (Å²) in [5.41, 5.74) is 8.27. The highest BCUT2D eigenvalue weighted by Crippen LogP contribution is 2.23. The Hall–Kier alpha value is -1.39. The maximum atomic E-state index is 10.7. The van der Waals surface area contributed by atoms with Gasteiger partial charge in [0.15, 0.2) is 0 Å². The van der Waals surface area contributed by atoms with Gasteiger partial charge in [-0.2, -0.15) is 0 Å². The fraction of sp³-hybridized carbons (Fsp3) is 0.533. The van der Waals surface area contributed by atoms with Gasteiger partial charge in [0.1, 0.15) is 0 Å². The fourth-order valence-electron chi connectivity index (χ4n) is 2.22. The van der Waals surface area contributed by atoms with Gasteiger partial charge in [0.2, 0.25) is 0 Å². The summed E-state index contributed by atoms with van der Waals surface area (Å²) in [6.07, 6.45) is 1.06. The van der Waals surface area contributed by atoms with E-state index in [1.807, 2.05) is 12.1 Å². The van der Waals surface area contributed by atoms with E-state index in [4.69, 9.17) is 10.8 Å². The molecule has 4 N–H and O–H groups in total. The van der Waals surface area contributed by atoms with E-state index in [1.165, 1.54) is 5.56 Å². The first-order chi connectivity index (χ1) is 8.99. The summed E-state index contributed by atoms with van der Waals surface area (Å²) < 4.78 is 0. The van der Waals surface area contributed by atoms with Crippen LogP contribution >= 0.6 is 0 Å². The summed E-state index contributed by atoms with van der Waals surface area (Å²) in [5, 5.41) is 11.9. The molecule has 0 spiro atoms. The number of likely N-dealkylation sites (N-methyl/N-ethyl adjacent to an activating group) is 1. The molecule has 19 heavy (non-hydrogen) atoms. The van der Waals surface area contributed by atoms with Crippen molar-refractivity contribution in [2.75, 3.05) is 7.05 Å². The third kappa shape index (κ3) is 4.33. The molecule has 0 aromatic heterocycles. The third-order valence-corrected chi connectivity index (χ3v) is 3.63. The van der Waals surface area contributed by atoms with E-state index in [-0.39, 0.29) is 12.5 Å². The Labute approximate surface area is 115 Å². The Morgan fingerprint density at radius 3 is 2.26 bits per heavy atom. The highest BCUT2D eigenvalue weighted by atomic mass is 16.4. The number of carbonyl (C=O) groups is 1. The number of carboxylic acid groups (broad SMARTS) is 1. The van der Waals surface area contributed by atoms with Gasteiger partial charge in [-0.15, -0.1) is 0 Å². The maximum absolute atomic E-state index is 10.7. The van der Waals surface area contributed by atoms with Gasteiger partial charge >= 0.3 is 5.97 Å². The zero-order valence-electron chi connectivity index (χ0n) is 11.9. The smallest absolute Gasteiger partial charge is 0.304 e. The summed E-state index contributed by atoms with van der Waals surface area (Å²) in [6.45, 7) is 4.36. The van der Waals surface area contributed by atoms with Crippen LogP contribution in [0.15, 0.2) is 24.3 Å². The number of hydrogen-bond donors (Lipinski definition) is 3. The van der Waals surface area contributed by atoms with E-state index in [9.17, 15) is 4.79 Å². The van der Waals surface area contributed by atoms with Crippen LogP contribution in [0.2, 0.25) is 0 Å². The second-order valence-electron chi connectivity index (χ2n) is 5.00. The number of aliphatic carboxylic acids is 1. The molecule has 0 amide bonds. The Bertz CT molecular complexity index is 403. The van der Waals surface area contributed by atoms with Crippen molar-refractivity contribution in [3.63, 3.8) is 0 Å². The standard InChI is InChI=1S/C15H24N2O2/c1-4-10(2)11-5-7-12(8-6-11)15(17-3)13(16)9-14(18)19/h5-8,10,13,15,17H,4,9,16H2,1-3H3,(H,18,19). The SMILES string of the molecule is CCC(C)c1ccc(C(NC)C(N)CC(=O)O)cc1. The van der Waals surface area contributed by atoms with Gasteiger partial charge in [0, 0.05) is 12.1 Å². The minimum atomic E-state index is -0.871. The molecule has 0 bridgehead atoms. The minimum Gasteiger partial charge on any atom is -0.481 e. The van der Waals surface area contributed by atoms with Crippen LogP contribution in [0.25, 0.3) is 0 Å². The van der Waals surface area contributed by atoms with Crippen molar-refractivity contribution < 1.29 is 9.90 Å². The molecular formula is C15H24N2O2. The molecule has 1 aromatic rings. The normalized spacial score (nSPS) is 15.8. The van der Waals surface area contributed by atoms with E-state index in [0.717, 1.165) is 12.0 Å². The van der Waals surface area contributed by atoms with Crippen LogP contribution in [0.3, 0.4) is 0 Å². The van der Waals surface area contributed by atoms with E-state index in [0.29, 0.717) is 5.92 Å². The fourth-order valence-corrected chi connectivity index (χ4v) is 2.22. The largest absolute Gasteiger partial charge is 0.481 e. The molecule has 0 fully saturated rings. The molecule has 0 saturated carbocycles. The van der Waals surface area contributed by atoms with Crippen LogP contribution in [0, 0.1) is 0 Å². The Kier molecular flexibility index (Phi) is 5.99. The van der Waals surface area contributed by atoms with Crippen molar-refractivity contribution >= 4 is 5.97 Å². The van der Waals surface area contributed by atoms with Gasteiger partial charge in [-0.05, 0) is 30.5 Å². The van der Waals surface area contributed by atoms with Crippen molar-refractivity contribution in [1.82, 2.24) is 5.32 Å². The topological polar surface area (TPSA) is 75.3 Å². The molecule has 1 aromatic carbocycles. The number of nitrogens with two attached hydrogens (primary N) is 1. The molecule has 0 aliphatic rings. The van der Waals surface area contributed by atoms with E-state index in [1.54, 1.807) is 7.05 Å². The van der Waals surface area contributed by atoms with Crippen molar-refractivity contribution in [2.24, 2.45) is 5.73 Å². The Morgan fingerprint density at radius 2 is 1.84 bits per heavy atom.